The average Bonchev–Trinajstić information content (AvgIpc) is 3.41. The Hall–Kier alpha value is -3.41. The summed E-state index contributed by atoms with van der Waals surface area (Å²) in [7, 11) is 0. The molecule has 0 spiro atoms. The molecule has 0 radical (unpaired) electrons. The predicted molar refractivity (Wildman–Crippen MR) is 325 cm³/mol. The molecule has 6 nitrogen and oxygen atoms in total. The number of carbonyl (C=O) groups is 3. The van der Waals surface area contributed by atoms with Gasteiger partial charge in [-0.2, -0.15) is 0 Å². The zero-order valence-electron chi connectivity index (χ0n) is 49.6. The Kier molecular flexibility index (Phi) is 60.3. The molecule has 0 aliphatic heterocycles. The number of allylic oxidation sites excluding steroid dienone is 14. The summed E-state index contributed by atoms with van der Waals surface area (Å²) < 4.78 is 16.9. The maximum atomic E-state index is 12.9. The summed E-state index contributed by atoms with van der Waals surface area (Å²) in [4.78, 5) is 38.3. The Morgan fingerprint density at radius 2 is 0.520 bits per heavy atom. The van der Waals surface area contributed by atoms with Gasteiger partial charge < -0.3 is 14.2 Å². The van der Waals surface area contributed by atoms with Gasteiger partial charge in [-0.1, -0.05) is 286 Å². The molecule has 0 amide bonds. The molecule has 0 bridgehead atoms. The maximum Gasteiger partial charge on any atom is 0.306 e. The molecule has 0 aliphatic rings. The minimum atomic E-state index is -0.793. The van der Waals surface area contributed by atoms with Gasteiger partial charge in [-0.05, 0) is 96.3 Å². The molecule has 432 valence electrons. The zero-order valence-corrected chi connectivity index (χ0v) is 49.6. The SMILES string of the molecule is CC/C=C/C/C=C/C/C=C/C/C=C/C/C=C/CCCCCC(=O)OC[C@@H](COC(=O)CCCCCCCCCCCCCCCCCCCCC)OC(=O)CCCCCCCCCCC/C=C/C/C=C/CCCCC. The first-order valence-electron chi connectivity index (χ1n) is 32.1. The van der Waals surface area contributed by atoms with E-state index >= 15 is 0 Å². The van der Waals surface area contributed by atoms with Gasteiger partial charge in [0.15, 0.2) is 6.10 Å². The van der Waals surface area contributed by atoms with E-state index in [2.05, 4.69) is 106 Å². The Balaban J connectivity index is 4.42. The molecule has 0 aromatic rings. The summed E-state index contributed by atoms with van der Waals surface area (Å²) >= 11 is 0. The Bertz CT molecular complexity index is 1430. The summed E-state index contributed by atoms with van der Waals surface area (Å²) in [5.41, 5.74) is 0. The van der Waals surface area contributed by atoms with E-state index in [-0.39, 0.29) is 31.1 Å². The molecule has 0 unspecified atom stereocenters. The average molecular weight is 1050 g/mol. The molecule has 75 heavy (non-hydrogen) atoms. The van der Waals surface area contributed by atoms with Crippen LogP contribution in [0, 0.1) is 0 Å². The van der Waals surface area contributed by atoms with E-state index in [9.17, 15) is 14.4 Å². The summed E-state index contributed by atoms with van der Waals surface area (Å²) in [6.45, 7) is 6.51. The van der Waals surface area contributed by atoms with Crippen LogP contribution in [-0.4, -0.2) is 37.2 Å². The van der Waals surface area contributed by atoms with Crippen molar-refractivity contribution in [3.05, 3.63) is 85.1 Å². The highest BCUT2D eigenvalue weighted by Crippen LogP contribution is 2.17. The van der Waals surface area contributed by atoms with Crippen LogP contribution in [0.1, 0.15) is 316 Å². The lowest BCUT2D eigenvalue weighted by Gasteiger charge is -2.18. The summed E-state index contributed by atoms with van der Waals surface area (Å²) in [5, 5.41) is 0. The molecule has 0 aromatic heterocycles. The highest BCUT2D eigenvalue weighted by atomic mass is 16.6. The minimum Gasteiger partial charge on any atom is -0.462 e. The Morgan fingerprint density at radius 3 is 0.853 bits per heavy atom. The van der Waals surface area contributed by atoms with E-state index in [1.807, 2.05) is 0 Å². The first-order valence-corrected chi connectivity index (χ1v) is 32.1. The van der Waals surface area contributed by atoms with Crippen LogP contribution >= 0.6 is 0 Å². The Labute approximate surface area is 465 Å². The van der Waals surface area contributed by atoms with Gasteiger partial charge in [0.1, 0.15) is 13.2 Å². The van der Waals surface area contributed by atoms with Gasteiger partial charge in [-0.15, -0.1) is 0 Å². The second kappa shape index (κ2) is 63.1. The quantitative estimate of drug-likeness (QED) is 0.0261. The summed E-state index contributed by atoms with van der Waals surface area (Å²) in [6, 6.07) is 0. The van der Waals surface area contributed by atoms with Crippen molar-refractivity contribution in [2.45, 2.75) is 322 Å². The highest BCUT2D eigenvalue weighted by molar-refractivity contribution is 5.71. The number of carbonyl (C=O) groups excluding carboxylic acids is 3. The lowest BCUT2D eigenvalue weighted by atomic mass is 10.0. The molecule has 6 heteroatoms. The zero-order chi connectivity index (χ0) is 54.3. The Morgan fingerprint density at radius 1 is 0.280 bits per heavy atom. The van der Waals surface area contributed by atoms with Crippen molar-refractivity contribution in [1.82, 2.24) is 0 Å². The van der Waals surface area contributed by atoms with Gasteiger partial charge >= 0.3 is 17.9 Å². The fraction of sp³-hybridized carbons (Fsp3) is 0.754. The molecule has 0 fully saturated rings. The fourth-order valence-electron chi connectivity index (χ4n) is 9.09. The first-order chi connectivity index (χ1) is 37.0. The largest absolute Gasteiger partial charge is 0.462 e. The third-order valence-electron chi connectivity index (χ3n) is 13.9. The molecular weight excluding hydrogens is 925 g/mol. The van der Waals surface area contributed by atoms with Gasteiger partial charge in [0.2, 0.25) is 0 Å². The van der Waals surface area contributed by atoms with Crippen LogP contribution in [-0.2, 0) is 28.6 Å². The summed E-state index contributed by atoms with van der Waals surface area (Å²) in [6.07, 6.45) is 83.0. The number of hydrogen-bond donors (Lipinski definition) is 0. The van der Waals surface area contributed by atoms with E-state index in [1.165, 1.54) is 173 Å². The van der Waals surface area contributed by atoms with Crippen molar-refractivity contribution in [2.75, 3.05) is 13.2 Å². The molecule has 0 saturated carbocycles. The van der Waals surface area contributed by atoms with Gasteiger partial charge in [-0.25, -0.2) is 0 Å². The molecule has 0 aliphatic carbocycles. The fourth-order valence-corrected chi connectivity index (χ4v) is 9.09. The van der Waals surface area contributed by atoms with Crippen molar-refractivity contribution in [2.24, 2.45) is 0 Å². The number of ether oxygens (including phenoxy) is 3. The second-order valence-corrected chi connectivity index (χ2v) is 21.3. The van der Waals surface area contributed by atoms with E-state index in [4.69, 9.17) is 14.2 Å². The summed E-state index contributed by atoms with van der Waals surface area (Å²) in [5.74, 6) is -0.909. The van der Waals surface area contributed by atoms with Crippen molar-refractivity contribution in [1.29, 1.82) is 0 Å². The third-order valence-corrected chi connectivity index (χ3v) is 13.9. The minimum absolute atomic E-state index is 0.0863. The molecule has 0 heterocycles. The lowest BCUT2D eigenvalue weighted by Crippen LogP contribution is -2.30. The molecule has 0 N–H and O–H groups in total. The van der Waals surface area contributed by atoms with E-state index in [0.29, 0.717) is 19.3 Å². The second-order valence-electron chi connectivity index (χ2n) is 21.3. The monoisotopic (exact) mass is 1040 g/mol. The topological polar surface area (TPSA) is 78.9 Å². The normalized spacial score (nSPS) is 12.6. The molecule has 0 saturated heterocycles. The standard InChI is InChI=1S/C69H120O6/c1-4-7-10-13-16-19-22-25-28-31-34-37-40-43-46-49-52-55-58-61-67(70)73-64-66(75-69(72)63-60-57-54-51-48-45-42-39-36-33-30-27-24-21-18-15-12-9-6-3)65-74-68(71)62-59-56-53-50-47-44-41-38-35-32-29-26-23-20-17-14-11-8-5-2/h7,10,16,18-19,21,25,27-28,30,34,37,43,46,66H,4-6,8-9,11-15,17,20,22-24,26,29,31-33,35-36,38-42,44-45,47-65H2,1-3H3/b10-7+,19-16+,21-18+,28-25+,30-27+,37-34+,46-43+/t66-/m0/s1. The van der Waals surface area contributed by atoms with Gasteiger partial charge in [0.05, 0.1) is 0 Å². The third kappa shape index (κ3) is 61.3. The van der Waals surface area contributed by atoms with E-state index in [0.717, 1.165) is 103 Å². The first kappa shape index (κ1) is 71.6. The van der Waals surface area contributed by atoms with E-state index < -0.39 is 6.10 Å². The molecular formula is C69H120O6. The maximum absolute atomic E-state index is 12.9. The molecule has 0 rings (SSSR count). The number of hydrogen-bond acceptors (Lipinski definition) is 6. The highest BCUT2D eigenvalue weighted by Gasteiger charge is 2.19. The van der Waals surface area contributed by atoms with E-state index in [1.54, 1.807) is 0 Å². The number of esters is 3. The van der Waals surface area contributed by atoms with Crippen LogP contribution in [0.25, 0.3) is 0 Å². The molecule has 0 aromatic carbocycles. The van der Waals surface area contributed by atoms with Crippen molar-refractivity contribution < 1.29 is 28.6 Å². The van der Waals surface area contributed by atoms with Gasteiger partial charge in [0, 0.05) is 19.3 Å². The number of unbranched alkanes of at least 4 members (excludes halogenated alkanes) is 33. The predicted octanol–water partition coefficient (Wildman–Crippen LogP) is 21.9. The van der Waals surface area contributed by atoms with Gasteiger partial charge in [-0.3, -0.25) is 14.4 Å². The van der Waals surface area contributed by atoms with Crippen molar-refractivity contribution in [3.8, 4) is 0 Å². The number of rotatable bonds is 58. The lowest BCUT2D eigenvalue weighted by molar-refractivity contribution is -0.167. The van der Waals surface area contributed by atoms with Crippen LogP contribution < -0.4 is 0 Å². The van der Waals surface area contributed by atoms with Crippen molar-refractivity contribution >= 4 is 17.9 Å². The van der Waals surface area contributed by atoms with Gasteiger partial charge in [0.25, 0.3) is 0 Å². The van der Waals surface area contributed by atoms with Crippen LogP contribution in [0.15, 0.2) is 85.1 Å². The smallest absolute Gasteiger partial charge is 0.306 e. The van der Waals surface area contributed by atoms with Crippen LogP contribution in [0.2, 0.25) is 0 Å². The van der Waals surface area contributed by atoms with Crippen LogP contribution in [0.5, 0.6) is 0 Å². The van der Waals surface area contributed by atoms with Crippen LogP contribution in [0.3, 0.4) is 0 Å². The van der Waals surface area contributed by atoms with Crippen molar-refractivity contribution in [3.63, 3.8) is 0 Å². The van der Waals surface area contributed by atoms with Crippen LogP contribution in [0.4, 0.5) is 0 Å². The molecule has 1 atom stereocenters.